The van der Waals surface area contributed by atoms with E-state index in [1.807, 2.05) is 0 Å². The first-order valence-corrected chi connectivity index (χ1v) is 8.11. The molecule has 0 aromatic carbocycles. The predicted octanol–water partition coefficient (Wildman–Crippen LogP) is 1.78. The molecule has 18 heavy (non-hydrogen) atoms. The van der Waals surface area contributed by atoms with Crippen molar-refractivity contribution in [2.24, 2.45) is 0 Å². The second kappa shape index (κ2) is 4.89. The van der Waals surface area contributed by atoms with Gasteiger partial charge in [-0.15, -0.1) is 0 Å². The SMILES string of the molecule is O=C(Nc1nc(C2CC2)ns1)C1=CS(=O)CCC1. The van der Waals surface area contributed by atoms with Crippen molar-refractivity contribution in [3.05, 3.63) is 16.8 Å². The van der Waals surface area contributed by atoms with Crippen LogP contribution in [0.4, 0.5) is 5.13 Å². The number of hydrogen-bond acceptors (Lipinski definition) is 5. The molecule has 1 unspecified atom stereocenters. The van der Waals surface area contributed by atoms with Crippen molar-refractivity contribution < 1.29 is 9.00 Å². The van der Waals surface area contributed by atoms with Gasteiger partial charge >= 0.3 is 0 Å². The smallest absolute Gasteiger partial charge is 0.254 e. The van der Waals surface area contributed by atoms with Gasteiger partial charge in [-0.25, -0.2) is 4.98 Å². The fraction of sp³-hybridized carbons (Fsp3) is 0.545. The Morgan fingerprint density at radius 2 is 2.33 bits per heavy atom. The van der Waals surface area contributed by atoms with Crippen molar-refractivity contribution in [1.82, 2.24) is 9.36 Å². The van der Waals surface area contributed by atoms with Crippen LogP contribution in [-0.4, -0.2) is 25.2 Å². The summed E-state index contributed by atoms with van der Waals surface area (Å²) in [4.78, 5) is 16.2. The summed E-state index contributed by atoms with van der Waals surface area (Å²) < 4.78 is 15.6. The van der Waals surface area contributed by atoms with E-state index in [4.69, 9.17) is 0 Å². The molecule has 1 saturated carbocycles. The van der Waals surface area contributed by atoms with Crippen LogP contribution in [0.25, 0.3) is 0 Å². The Labute approximate surface area is 111 Å². The van der Waals surface area contributed by atoms with Crippen LogP contribution in [0, 0.1) is 0 Å². The number of carbonyl (C=O) groups is 1. The van der Waals surface area contributed by atoms with Crippen molar-refractivity contribution in [1.29, 1.82) is 0 Å². The lowest BCUT2D eigenvalue weighted by atomic mass is 10.1. The molecule has 0 radical (unpaired) electrons. The Kier molecular flexibility index (Phi) is 3.25. The molecular formula is C11H13N3O2S2. The second-order valence-corrected chi connectivity index (χ2v) is 6.67. The predicted molar refractivity (Wildman–Crippen MR) is 70.8 cm³/mol. The maximum Gasteiger partial charge on any atom is 0.254 e. The lowest BCUT2D eigenvalue weighted by Crippen LogP contribution is -2.18. The molecule has 1 atom stereocenters. The second-order valence-electron chi connectivity index (χ2n) is 4.52. The van der Waals surface area contributed by atoms with Gasteiger partial charge in [0.15, 0.2) is 0 Å². The molecule has 1 aliphatic carbocycles. The zero-order valence-corrected chi connectivity index (χ0v) is 11.4. The molecule has 5 nitrogen and oxygen atoms in total. The minimum absolute atomic E-state index is 0.193. The lowest BCUT2D eigenvalue weighted by molar-refractivity contribution is -0.113. The van der Waals surface area contributed by atoms with Gasteiger partial charge in [0.1, 0.15) is 5.82 Å². The van der Waals surface area contributed by atoms with Gasteiger partial charge < -0.3 is 0 Å². The highest BCUT2D eigenvalue weighted by Gasteiger charge is 2.28. The standard InChI is InChI=1S/C11H13N3O2S2/c15-10(8-2-1-5-18(16)6-8)13-11-12-9(14-17-11)7-3-4-7/h6-7H,1-5H2,(H,12,13,14,15). The summed E-state index contributed by atoms with van der Waals surface area (Å²) in [5.74, 6) is 1.80. The maximum absolute atomic E-state index is 11.9. The topological polar surface area (TPSA) is 72.0 Å². The van der Waals surface area contributed by atoms with Gasteiger partial charge in [0.25, 0.3) is 5.91 Å². The van der Waals surface area contributed by atoms with E-state index in [0.717, 1.165) is 25.1 Å². The van der Waals surface area contributed by atoms with Crippen LogP contribution in [0.1, 0.15) is 37.4 Å². The lowest BCUT2D eigenvalue weighted by Gasteiger charge is -2.10. The van der Waals surface area contributed by atoms with Crippen LogP contribution in [0.3, 0.4) is 0 Å². The molecule has 2 aliphatic rings. The van der Waals surface area contributed by atoms with Gasteiger partial charge in [-0.1, -0.05) is 0 Å². The molecule has 0 spiro atoms. The zero-order valence-electron chi connectivity index (χ0n) is 9.72. The molecule has 1 aromatic heterocycles. The number of rotatable bonds is 3. The largest absolute Gasteiger partial charge is 0.297 e. The van der Waals surface area contributed by atoms with Gasteiger partial charge in [-0.3, -0.25) is 14.3 Å². The van der Waals surface area contributed by atoms with Gasteiger partial charge in [-0.05, 0) is 25.7 Å². The first-order valence-electron chi connectivity index (χ1n) is 5.95. The molecule has 1 aliphatic heterocycles. The van der Waals surface area contributed by atoms with E-state index in [2.05, 4.69) is 14.7 Å². The van der Waals surface area contributed by atoms with Crippen LogP contribution in [0.15, 0.2) is 11.0 Å². The summed E-state index contributed by atoms with van der Waals surface area (Å²) in [7, 11) is -0.996. The molecule has 1 fully saturated rings. The summed E-state index contributed by atoms with van der Waals surface area (Å²) in [5, 5.41) is 4.84. The van der Waals surface area contributed by atoms with Gasteiger partial charge in [-0.2, -0.15) is 4.37 Å². The molecule has 0 bridgehead atoms. The van der Waals surface area contributed by atoms with E-state index in [1.165, 1.54) is 11.5 Å². The number of nitrogens with zero attached hydrogens (tertiary/aromatic N) is 2. The number of nitrogens with one attached hydrogen (secondary N) is 1. The number of anilines is 1. The molecule has 3 rings (SSSR count). The fourth-order valence-corrected chi connectivity index (χ4v) is 3.55. The van der Waals surface area contributed by atoms with Crippen molar-refractivity contribution in [2.75, 3.05) is 11.1 Å². The normalized spacial score (nSPS) is 23.6. The van der Waals surface area contributed by atoms with Crippen LogP contribution in [0.2, 0.25) is 0 Å². The number of aromatic nitrogens is 2. The van der Waals surface area contributed by atoms with E-state index in [0.29, 0.717) is 28.8 Å². The van der Waals surface area contributed by atoms with E-state index >= 15 is 0 Å². The Bertz CT molecular complexity index is 534. The average Bonchev–Trinajstić information content (AvgIpc) is 3.11. The minimum atomic E-state index is -0.996. The van der Waals surface area contributed by atoms with E-state index in [-0.39, 0.29) is 5.91 Å². The number of carbonyl (C=O) groups excluding carboxylic acids is 1. The molecule has 2 heterocycles. The van der Waals surface area contributed by atoms with Crippen LogP contribution in [-0.2, 0) is 15.6 Å². The summed E-state index contributed by atoms with van der Waals surface area (Å²) >= 11 is 1.21. The summed E-state index contributed by atoms with van der Waals surface area (Å²) in [6.07, 6.45) is 3.78. The van der Waals surface area contributed by atoms with Crippen LogP contribution in [0.5, 0.6) is 0 Å². The quantitative estimate of drug-likeness (QED) is 0.918. The molecule has 0 saturated heterocycles. The third-order valence-corrected chi connectivity index (χ3v) is 4.84. The van der Waals surface area contributed by atoms with Crippen molar-refractivity contribution in [2.45, 2.75) is 31.6 Å². The monoisotopic (exact) mass is 283 g/mol. The van der Waals surface area contributed by atoms with E-state index in [9.17, 15) is 9.00 Å². The zero-order chi connectivity index (χ0) is 12.5. The summed E-state index contributed by atoms with van der Waals surface area (Å²) in [6, 6.07) is 0. The highest BCUT2D eigenvalue weighted by molar-refractivity contribution is 7.88. The highest BCUT2D eigenvalue weighted by atomic mass is 32.2. The summed E-state index contributed by atoms with van der Waals surface area (Å²) in [5.41, 5.74) is 0.600. The van der Waals surface area contributed by atoms with Crippen molar-refractivity contribution >= 4 is 33.4 Å². The number of amides is 1. The maximum atomic E-state index is 11.9. The van der Waals surface area contributed by atoms with Crippen molar-refractivity contribution in [3.8, 4) is 0 Å². The highest BCUT2D eigenvalue weighted by Crippen LogP contribution is 2.39. The van der Waals surface area contributed by atoms with Crippen LogP contribution >= 0.6 is 11.5 Å². The van der Waals surface area contributed by atoms with E-state index < -0.39 is 10.8 Å². The third-order valence-electron chi connectivity index (χ3n) is 2.96. The first-order chi connectivity index (χ1) is 8.72. The van der Waals surface area contributed by atoms with E-state index in [1.54, 1.807) is 5.41 Å². The van der Waals surface area contributed by atoms with Gasteiger partial charge in [0.2, 0.25) is 5.13 Å². The molecule has 1 aromatic rings. The fourth-order valence-electron chi connectivity index (χ4n) is 1.82. The molecule has 7 heteroatoms. The third kappa shape index (κ3) is 2.67. The summed E-state index contributed by atoms with van der Waals surface area (Å²) in [6.45, 7) is 0. The average molecular weight is 283 g/mol. The molecule has 1 amide bonds. The molecule has 96 valence electrons. The van der Waals surface area contributed by atoms with Gasteiger partial charge in [0.05, 0.1) is 0 Å². The molecule has 1 N–H and O–H groups in total. The Balaban J connectivity index is 1.67. The Morgan fingerprint density at radius 1 is 1.50 bits per heavy atom. The number of hydrogen-bond donors (Lipinski definition) is 1. The Morgan fingerprint density at radius 3 is 3.06 bits per heavy atom. The minimum Gasteiger partial charge on any atom is -0.297 e. The first kappa shape index (κ1) is 12.0. The Hall–Kier alpha value is -1.08. The van der Waals surface area contributed by atoms with Crippen LogP contribution < -0.4 is 5.32 Å². The molecular weight excluding hydrogens is 270 g/mol. The van der Waals surface area contributed by atoms with Gasteiger partial charge in [0, 0.05) is 45.0 Å². The van der Waals surface area contributed by atoms with Crippen molar-refractivity contribution in [3.63, 3.8) is 0 Å².